The van der Waals surface area contributed by atoms with Crippen molar-refractivity contribution in [3.63, 3.8) is 0 Å². The topological polar surface area (TPSA) is 58.2 Å². The van der Waals surface area contributed by atoms with Gasteiger partial charge in [-0.15, -0.1) is 0 Å². The minimum Gasteiger partial charge on any atom is -0.314 e. The Bertz CT molecular complexity index is 1200. The molecule has 0 aromatic heterocycles. The Labute approximate surface area is 197 Å². The zero-order chi connectivity index (χ0) is 22.7. The smallest absolute Gasteiger partial charge is 0.240 e. The quantitative estimate of drug-likeness (QED) is 0.515. The summed E-state index contributed by atoms with van der Waals surface area (Å²) in [6.07, 6.45) is 8.08. The fraction of sp³-hybridized carbons (Fsp3) is 0.429. The van der Waals surface area contributed by atoms with E-state index >= 15 is 0 Å². The van der Waals surface area contributed by atoms with Gasteiger partial charge >= 0.3 is 0 Å². The normalized spacial score (nSPS) is 23.3. The van der Waals surface area contributed by atoms with Crippen molar-refractivity contribution in [2.45, 2.75) is 55.9 Å². The van der Waals surface area contributed by atoms with E-state index in [2.05, 4.69) is 34.3 Å². The summed E-state index contributed by atoms with van der Waals surface area (Å²) in [6, 6.07) is 22.6. The average Bonchev–Trinajstić information content (AvgIpc) is 2.86. The molecule has 2 aliphatic carbocycles. The van der Waals surface area contributed by atoms with Crippen LogP contribution in [-0.4, -0.2) is 27.5 Å². The Morgan fingerprint density at radius 2 is 1.45 bits per heavy atom. The molecule has 0 saturated heterocycles. The standard InChI is InChI=1S/C28H34N2O2S/c31-33(32,28-16-13-24-6-2-4-8-26(24)18-28)30-20-21-10-14-27(15-11-21)29-19-22-9-12-23-5-1-3-7-25(23)17-22/h1-8,13,16,18,21-22,27,29-30H,9-12,14-15,17,19-20H2. The lowest BCUT2D eigenvalue weighted by Crippen LogP contribution is -2.39. The fourth-order valence-corrected chi connectivity index (χ4v) is 6.65. The van der Waals surface area contributed by atoms with Gasteiger partial charge in [0.15, 0.2) is 0 Å². The van der Waals surface area contributed by atoms with Crippen molar-refractivity contribution in [1.29, 1.82) is 0 Å². The van der Waals surface area contributed by atoms with Gasteiger partial charge in [0.2, 0.25) is 10.0 Å². The van der Waals surface area contributed by atoms with Gasteiger partial charge in [-0.05, 0) is 97.4 Å². The van der Waals surface area contributed by atoms with Gasteiger partial charge in [-0.1, -0.05) is 54.6 Å². The average molecular weight is 463 g/mol. The van der Waals surface area contributed by atoms with E-state index in [9.17, 15) is 8.42 Å². The van der Waals surface area contributed by atoms with Crippen LogP contribution in [0, 0.1) is 11.8 Å². The van der Waals surface area contributed by atoms with Gasteiger partial charge in [-0.3, -0.25) is 0 Å². The molecule has 1 saturated carbocycles. The van der Waals surface area contributed by atoms with Crippen LogP contribution in [0.15, 0.2) is 71.6 Å². The van der Waals surface area contributed by atoms with Gasteiger partial charge in [0, 0.05) is 12.6 Å². The molecule has 4 nitrogen and oxygen atoms in total. The lowest BCUT2D eigenvalue weighted by Gasteiger charge is -2.31. The molecule has 174 valence electrons. The molecule has 5 heteroatoms. The number of hydrogen-bond donors (Lipinski definition) is 2. The van der Waals surface area contributed by atoms with Crippen molar-refractivity contribution < 1.29 is 8.42 Å². The van der Waals surface area contributed by atoms with Crippen molar-refractivity contribution in [2.24, 2.45) is 11.8 Å². The molecule has 0 heterocycles. The third kappa shape index (κ3) is 5.48. The molecule has 0 spiro atoms. The van der Waals surface area contributed by atoms with Crippen molar-refractivity contribution in [1.82, 2.24) is 10.0 Å². The number of hydrogen-bond acceptors (Lipinski definition) is 3. The van der Waals surface area contributed by atoms with Crippen molar-refractivity contribution in [3.05, 3.63) is 77.9 Å². The van der Waals surface area contributed by atoms with Crippen LogP contribution in [0.2, 0.25) is 0 Å². The van der Waals surface area contributed by atoms with Crippen LogP contribution in [0.25, 0.3) is 10.8 Å². The van der Waals surface area contributed by atoms with E-state index in [1.807, 2.05) is 30.3 Å². The van der Waals surface area contributed by atoms with Crippen LogP contribution in [0.4, 0.5) is 0 Å². The van der Waals surface area contributed by atoms with Crippen molar-refractivity contribution in [2.75, 3.05) is 13.1 Å². The molecular weight excluding hydrogens is 428 g/mol. The molecule has 0 bridgehead atoms. The van der Waals surface area contributed by atoms with Gasteiger partial charge < -0.3 is 5.32 Å². The second kappa shape index (κ2) is 9.96. The minimum absolute atomic E-state index is 0.352. The molecule has 3 aromatic carbocycles. The monoisotopic (exact) mass is 462 g/mol. The van der Waals surface area contributed by atoms with Crippen LogP contribution >= 0.6 is 0 Å². The molecule has 1 atom stereocenters. The third-order valence-electron chi connectivity index (χ3n) is 7.58. The van der Waals surface area contributed by atoms with Crippen molar-refractivity contribution >= 4 is 20.8 Å². The third-order valence-corrected chi connectivity index (χ3v) is 9.01. The Kier molecular flexibility index (Phi) is 6.81. The van der Waals surface area contributed by atoms with E-state index in [0.717, 1.165) is 48.9 Å². The van der Waals surface area contributed by atoms with E-state index in [1.54, 1.807) is 12.1 Å². The summed E-state index contributed by atoms with van der Waals surface area (Å²) in [5.74, 6) is 1.14. The minimum atomic E-state index is -3.48. The second-order valence-electron chi connectivity index (χ2n) is 9.86. The van der Waals surface area contributed by atoms with Gasteiger partial charge in [0.25, 0.3) is 0 Å². The van der Waals surface area contributed by atoms with Gasteiger partial charge in [-0.2, -0.15) is 0 Å². The maximum Gasteiger partial charge on any atom is 0.240 e. The Balaban J connectivity index is 1.07. The number of rotatable bonds is 7. The molecule has 0 radical (unpaired) electrons. The first-order valence-electron chi connectivity index (χ1n) is 12.4. The number of aryl methyl sites for hydroxylation is 1. The SMILES string of the molecule is O=S(=O)(NCC1CCC(NCC2CCc3ccccc3C2)CC1)c1ccc2ccccc2c1. The number of sulfonamides is 1. The Morgan fingerprint density at radius 3 is 2.27 bits per heavy atom. The first-order valence-corrected chi connectivity index (χ1v) is 13.8. The van der Waals surface area contributed by atoms with Gasteiger partial charge in [0.05, 0.1) is 4.90 Å². The summed E-state index contributed by atoms with van der Waals surface area (Å²) in [5, 5.41) is 5.83. The molecule has 0 aliphatic heterocycles. The summed E-state index contributed by atoms with van der Waals surface area (Å²) in [5.41, 5.74) is 3.05. The van der Waals surface area contributed by atoms with Crippen molar-refractivity contribution in [3.8, 4) is 0 Å². The van der Waals surface area contributed by atoms with Crippen LogP contribution in [0.5, 0.6) is 0 Å². The molecule has 2 N–H and O–H groups in total. The molecule has 33 heavy (non-hydrogen) atoms. The molecule has 0 amide bonds. The lowest BCUT2D eigenvalue weighted by atomic mass is 9.83. The van der Waals surface area contributed by atoms with E-state index < -0.39 is 10.0 Å². The van der Waals surface area contributed by atoms with Crippen LogP contribution < -0.4 is 10.0 Å². The number of benzene rings is 3. The second-order valence-corrected chi connectivity index (χ2v) is 11.6. The fourth-order valence-electron chi connectivity index (χ4n) is 5.50. The predicted octanol–water partition coefficient (Wildman–Crippen LogP) is 5.07. The van der Waals surface area contributed by atoms with Crippen LogP contribution in [-0.2, 0) is 22.9 Å². The number of nitrogens with one attached hydrogen (secondary N) is 2. The maximum absolute atomic E-state index is 12.8. The zero-order valence-corrected chi connectivity index (χ0v) is 20.0. The predicted molar refractivity (Wildman–Crippen MR) is 135 cm³/mol. The largest absolute Gasteiger partial charge is 0.314 e. The summed E-state index contributed by atoms with van der Waals surface area (Å²) in [4.78, 5) is 0.352. The highest BCUT2D eigenvalue weighted by Gasteiger charge is 2.25. The summed E-state index contributed by atoms with van der Waals surface area (Å²) in [7, 11) is -3.48. The highest BCUT2D eigenvalue weighted by Crippen LogP contribution is 2.27. The van der Waals surface area contributed by atoms with E-state index in [-0.39, 0.29) is 0 Å². The molecule has 1 unspecified atom stereocenters. The van der Waals surface area contributed by atoms with Crippen LogP contribution in [0.3, 0.4) is 0 Å². The number of fused-ring (bicyclic) bond motifs is 2. The summed E-state index contributed by atoms with van der Waals surface area (Å²) in [6.45, 7) is 1.62. The van der Waals surface area contributed by atoms with E-state index in [0.29, 0.717) is 23.4 Å². The highest BCUT2D eigenvalue weighted by molar-refractivity contribution is 7.89. The Morgan fingerprint density at radius 1 is 0.727 bits per heavy atom. The maximum atomic E-state index is 12.8. The first kappa shape index (κ1) is 22.6. The van der Waals surface area contributed by atoms with E-state index in [4.69, 9.17) is 0 Å². The lowest BCUT2D eigenvalue weighted by molar-refractivity contribution is 0.277. The molecule has 3 aromatic rings. The first-order chi connectivity index (χ1) is 16.1. The zero-order valence-electron chi connectivity index (χ0n) is 19.2. The molecular formula is C28H34N2O2S. The molecule has 5 rings (SSSR count). The molecule has 2 aliphatic rings. The molecule has 1 fully saturated rings. The van der Waals surface area contributed by atoms with Gasteiger partial charge in [0.1, 0.15) is 0 Å². The Hall–Kier alpha value is -2.21. The van der Waals surface area contributed by atoms with E-state index in [1.165, 1.54) is 30.4 Å². The summed E-state index contributed by atoms with van der Waals surface area (Å²) < 4.78 is 28.5. The van der Waals surface area contributed by atoms with Gasteiger partial charge in [-0.25, -0.2) is 13.1 Å². The highest BCUT2D eigenvalue weighted by atomic mass is 32.2. The van der Waals surface area contributed by atoms with Crippen LogP contribution in [0.1, 0.15) is 43.2 Å². The summed E-state index contributed by atoms with van der Waals surface area (Å²) >= 11 is 0.